The normalized spacial score (nSPS) is 24.9. The lowest BCUT2D eigenvalue weighted by atomic mass is 9.84. The maximum Gasteiger partial charge on any atom is 0.133 e. The van der Waals surface area contributed by atoms with E-state index in [4.69, 9.17) is 30.0 Å². The number of benzene rings is 3. The van der Waals surface area contributed by atoms with Crippen LogP contribution < -0.4 is 0 Å². The van der Waals surface area contributed by atoms with Crippen LogP contribution in [-0.2, 0) is 16.2 Å². The van der Waals surface area contributed by atoms with Gasteiger partial charge in [-0.3, -0.25) is 30.0 Å². The Morgan fingerprint density at radius 3 is 0.619 bits per heavy atom. The van der Waals surface area contributed by atoms with E-state index in [-0.39, 0.29) is 69.7 Å². The van der Waals surface area contributed by atoms with Crippen molar-refractivity contribution in [2.24, 2.45) is 30.0 Å². The van der Waals surface area contributed by atoms with E-state index < -0.39 is 0 Å². The second-order valence-electron chi connectivity index (χ2n) is 21.7. The maximum absolute atomic E-state index is 11.8. The molecule has 0 radical (unpaired) electrons. The highest BCUT2D eigenvalue weighted by molar-refractivity contribution is 5.95. The summed E-state index contributed by atoms with van der Waals surface area (Å²) in [6.45, 7) is 19.6. The first kappa shape index (κ1) is 46.1. The Labute approximate surface area is 376 Å². The van der Waals surface area contributed by atoms with Crippen LogP contribution >= 0.6 is 0 Å². The molecule has 336 valence electrons. The molecule has 0 amide bonds. The van der Waals surface area contributed by atoms with Gasteiger partial charge < -0.3 is 15.3 Å². The molecule has 63 heavy (non-hydrogen) atoms. The van der Waals surface area contributed by atoms with Crippen molar-refractivity contribution in [3.63, 3.8) is 0 Å². The average Bonchev–Trinajstić information content (AvgIpc) is 3.23. The molecule has 3 aromatic rings. The molecule has 0 unspecified atom stereocenters. The summed E-state index contributed by atoms with van der Waals surface area (Å²) in [5, 5.41) is 35.4. The second-order valence-corrected chi connectivity index (χ2v) is 21.7. The lowest BCUT2D eigenvalue weighted by Gasteiger charge is -2.26. The van der Waals surface area contributed by atoms with Gasteiger partial charge in [0, 0.05) is 70.7 Å². The predicted octanol–water partition coefficient (Wildman–Crippen LogP) is 11.6. The van der Waals surface area contributed by atoms with Crippen molar-refractivity contribution >= 4 is 37.3 Å². The molecule has 0 saturated heterocycles. The molecule has 3 aliphatic carbocycles. The van der Waals surface area contributed by atoms with Crippen molar-refractivity contribution in [2.75, 3.05) is 0 Å². The molecule has 9 nitrogen and oxygen atoms in total. The first-order valence-electron chi connectivity index (χ1n) is 23.7. The summed E-state index contributed by atoms with van der Waals surface area (Å²) in [5.41, 5.74) is 6.75. The fraction of sp³-hybridized carbons (Fsp3) is 0.556. The summed E-state index contributed by atoms with van der Waals surface area (Å²) in [7, 11) is 0. The molecule has 7 rings (SSSR count). The number of nitrogens with zero attached hydrogens (tertiary/aromatic N) is 6. The number of phenolic OH excluding ortho intramolecular Hbond substituents is 3. The number of aromatic hydroxyl groups is 3. The molecule has 3 saturated carbocycles. The van der Waals surface area contributed by atoms with Crippen molar-refractivity contribution in [1.82, 2.24) is 0 Å². The summed E-state index contributed by atoms with van der Waals surface area (Å²) in [5.74, 6) is 0.488. The average molecular weight is 853 g/mol. The Hall–Kier alpha value is -4.92. The Balaban J connectivity index is 1.37. The molecule has 3 aromatic carbocycles. The molecule has 0 aromatic heterocycles. The van der Waals surface area contributed by atoms with Gasteiger partial charge in [0.15, 0.2) is 0 Å². The van der Waals surface area contributed by atoms with Gasteiger partial charge in [-0.2, -0.15) is 0 Å². The van der Waals surface area contributed by atoms with Gasteiger partial charge in [0.25, 0.3) is 0 Å². The number of phenols is 3. The van der Waals surface area contributed by atoms with E-state index in [1.54, 1.807) is 0 Å². The third-order valence-electron chi connectivity index (χ3n) is 13.6. The minimum atomic E-state index is -0.175. The molecule has 1 aliphatic heterocycles. The summed E-state index contributed by atoms with van der Waals surface area (Å²) in [6.07, 6.45) is 22.7. The molecular formula is C54H72N6O3. The molecule has 0 spiro atoms. The number of hydrogen-bond acceptors (Lipinski definition) is 9. The topological polar surface area (TPSA) is 135 Å². The first-order chi connectivity index (χ1) is 29.8. The van der Waals surface area contributed by atoms with Crippen molar-refractivity contribution < 1.29 is 15.3 Å². The van der Waals surface area contributed by atoms with Crippen LogP contribution in [0.25, 0.3) is 0 Å². The molecule has 6 bridgehead atoms. The number of aliphatic imine (C=N–C) groups is 6. The SMILES string of the molecule is CC(C)(C)c1cc2c(O)c(c1)C=N[C@@H]1CCCC[C@H]1N=Cc1cc(C(C)(C)C)cc(c1O)C=N[C@@H]1CCCC[C@H]1N=Cc1cc(C(C)(C)C)cc(c1O)C=N[C@@H]1CCCC[C@H]1N=C2. The summed E-state index contributed by atoms with van der Waals surface area (Å²) in [4.78, 5) is 30.8. The van der Waals surface area contributed by atoms with E-state index in [9.17, 15) is 15.3 Å². The third-order valence-corrected chi connectivity index (χ3v) is 13.6. The molecule has 3 N–H and O–H groups in total. The van der Waals surface area contributed by atoms with E-state index in [0.717, 1.165) is 93.7 Å². The van der Waals surface area contributed by atoms with Gasteiger partial charge >= 0.3 is 0 Å². The standard InChI is InChI=1S/C54H72N6O3/c1-52(2,3)40-22-34-28-55-43-16-10-12-18-45(43)57-30-36-24-41(53(4,5)6)26-38(50(36)62)32-59-47-20-14-15-21-48(47)60-33-39-27-42(54(7,8)9)25-37(51(39)63)31-58-46-19-13-11-17-44(46)56-29-35(23-40)49(34)61/h22-33,43-48,61-63H,10-21H2,1-9H3/t43-,44-,45-,46-,47-,48-/m1/s1. The van der Waals surface area contributed by atoms with E-state index in [1.807, 2.05) is 73.7 Å². The minimum Gasteiger partial charge on any atom is -0.507 e. The van der Waals surface area contributed by atoms with Crippen molar-refractivity contribution in [3.8, 4) is 17.2 Å². The van der Waals surface area contributed by atoms with Crippen molar-refractivity contribution in [3.05, 3.63) is 86.5 Å². The Morgan fingerprint density at radius 2 is 0.476 bits per heavy atom. The van der Waals surface area contributed by atoms with Gasteiger partial charge in [-0.1, -0.05) is 101 Å². The quantitative estimate of drug-likeness (QED) is 0.208. The zero-order valence-corrected chi connectivity index (χ0v) is 39.4. The van der Waals surface area contributed by atoms with Gasteiger partial charge in [0.1, 0.15) is 17.2 Å². The van der Waals surface area contributed by atoms with Crippen LogP contribution in [0.1, 0.15) is 189 Å². The largest absolute Gasteiger partial charge is 0.507 e. The van der Waals surface area contributed by atoms with Gasteiger partial charge in [0.2, 0.25) is 0 Å². The zero-order chi connectivity index (χ0) is 45.1. The third kappa shape index (κ3) is 11.2. The fourth-order valence-electron chi connectivity index (χ4n) is 9.30. The Bertz CT molecular complexity index is 1910. The molecular weight excluding hydrogens is 781 g/mol. The van der Waals surface area contributed by atoms with Crippen LogP contribution in [0.15, 0.2) is 66.4 Å². The molecule has 9 heteroatoms. The minimum absolute atomic E-state index is 0.0647. The Morgan fingerprint density at radius 1 is 0.317 bits per heavy atom. The summed E-state index contributed by atoms with van der Waals surface area (Å²) < 4.78 is 0. The van der Waals surface area contributed by atoms with Crippen LogP contribution in [0.4, 0.5) is 0 Å². The molecule has 3 fully saturated rings. The van der Waals surface area contributed by atoms with Crippen LogP contribution in [0.2, 0.25) is 0 Å². The lowest BCUT2D eigenvalue weighted by Crippen LogP contribution is -2.27. The van der Waals surface area contributed by atoms with Gasteiger partial charge in [-0.15, -0.1) is 0 Å². The first-order valence-corrected chi connectivity index (χ1v) is 23.7. The fourth-order valence-corrected chi connectivity index (χ4v) is 9.30. The van der Waals surface area contributed by atoms with Crippen LogP contribution in [-0.4, -0.2) is 88.9 Å². The summed E-state index contributed by atoms with van der Waals surface area (Å²) >= 11 is 0. The highest BCUT2D eigenvalue weighted by Gasteiger charge is 2.28. The Kier molecular flexibility index (Phi) is 13.9. The van der Waals surface area contributed by atoms with Crippen LogP contribution in [0, 0.1) is 0 Å². The van der Waals surface area contributed by atoms with Gasteiger partial charge in [0.05, 0.1) is 36.3 Å². The number of fused-ring (bicyclic) bond motifs is 9. The highest BCUT2D eigenvalue weighted by atomic mass is 16.3. The van der Waals surface area contributed by atoms with Crippen molar-refractivity contribution in [1.29, 1.82) is 0 Å². The van der Waals surface area contributed by atoms with E-state index >= 15 is 0 Å². The molecule has 6 atom stereocenters. The van der Waals surface area contributed by atoms with E-state index in [2.05, 4.69) is 62.3 Å². The van der Waals surface area contributed by atoms with Crippen LogP contribution in [0.5, 0.6) is 17.2 Å². The van der Waals surface area contributed by atoms with E-state index in [1.165, 1.54) is 0 Å². The van der Waals surface area contributed by atoms with E-state index in [0.29, 0.717) is 33.4 Å². The highest BCUT2D eigenvalue weighted by Crippen LogP contribution is 2.35. The predicted molar refractivity (Wildman–Crippen MR) is 264 cm³/mol. The molecule has 1 heterocycles. The zero-order valence-electron chi connectivity index (χ0n) is 39.4. The van der Waals surface area contributed by atoms with Crippen molar-refractivity contribution in [2.45, 2.75) is 192 Å². The van der Waals surface area contributed by atoms with Gasteiger partial charge in [-0.05, 0) is 108 Å². The second kappa shape index (κ2) is 19.0. The monoisotopic (exact) mass is 853 g/mol. The smallest absolute Gasteiger partial charge is 0.133 e. The lowest BCUT2D eigenvalue weighted by molar-refractivity contribution is 0.389. The maximum atomic E-state index is 11.8. The van der Waals surface area contributed by atoms with Gasteiger partial charge in [-0.25, -0.2) is 0 Å². The molecule has 4 aliphatic rings. The summed E-state index contributed by atoms with van der Waals surface area (Å²) in [6, 6.07) is 11.9. The number of hydrogen-bond donors (Lipinski definition) is 3. The number of rotatable bonds is 0. The van der Waals surface area contributed by atoms with Crippen LogP contribution in [0.3, 0.4) is 0 Å².